The number of aromatic nitrogens is 2. The Hall–Kier alpha value is -0.890. The number of fused-ring (bicyclic) bond motifs is 2. The summed E-state index contributed by atoms with van der Waals surface area (Å²) < 4.78 is 20.2. The molecule has 157 valence electrons. The predicted molar refractivity (Wildman–Crippen MR) is 108 cm³/mol. The molecule has 5 rings (SSSR count). The second-order valence-electron chi connectivity index (χ2n) is 8.73. The van der Waals surface area contributed by atoms with Crippen LogP contribution < -0.4 is 14.5 Å². The summed E-state index contributed by atoms with van der Waals surface area (Å²) in [4.78, 5) is 16.4. The molecule has 1 aromatic heterocycles. The average Bonchev–Trinajstić information content (AvgIpc) is 3.24. The summed E-state index contributed by atoms with van der Waals surface area (Å²) in [5.74, 6) is 1.99. The molecule has 0 unspecified atom stereocenters. The summed E-state index contributed by atoms with van der Waals surface area (Å²) in [6, 6.07) is 0.440. The van der Waals surface area contributed by atoms with Gasteiger partial charge in [0.1, 0.15) is 24.4 Å². The van der Waals surface area contributed by atoms with Gasteiger partial charge < -0.3 is 27.4 Å². The number of hydrogen-bond donors (Lipinski definition) is 0. The number of hydrogen-bond acceptors (Lipinski definition) is 6. The molecule has 5 heterocycles. The first-order valence-electron chi connectivity index (χ1n) is 10.7. The molecule has 29 heavy (non-hydrogen) atoms. The summed E-state index contributed by atoms with van der Waals surface area (Å²) in [6.45, 7) is 4.77. The van der Waals surface area contributed by atoms with Crippen molar-refractivity contribution in [3.05, 3.63) is 18.4 Å². The minimum atomic E-state index is -0.741. The van der Waals surface area contributed by atoms with Crippen LogP contribution in [0.5, 0.6) is 6.01 Å². The van der Waals surface area contributed by atoms with Gasteiger partial charge in [-0.3, -0.25) is 4.90 Å². The van der Waals surface area contributed by atoms with E-state index in [-0.39, 0.29) is 27.9 Å². The fourth-order valence-electron chi connectivity index (χ4n) is 5.32. The number of rotatable bonds is 4. The van der Waals surface area contributed by atoms with Crippen molar-refractivity contribution < 1.29 is 31.5 Å². The van der Waals surface area contributed by atoms with Crippen LogP contribution in [-0.2, 0) is 28.8 Å². The number of anilines is 2. The largest absolute Gasteiger partial charge is 2.00 e. The first-order chi connectivity index (χ1) is 13.6. The fraction of sp³-hybridized carbons (Fsp3) is 0.714. The molecule has 6 nitrogen and oxygen atoms in total. The van der Waals surface area contributed by atoms with Crippen LogP contribution in [0, 0.1) is 12.8 Å². The van der Waals surface area contributed by atoms with Crippen LogP contribution in [0.3, 0.4) is 0 Å². The molecule has 1 radical (unpaired) electrons. The van der Waals surface area contributed by atoms with Crippen LogP contribution >= 0.6 is 0 Å². The van der Waals surface area contributed by atoms with E-state index in [1.54, 1.807) is 0 Å². The van der Waals surface area contributed by atoms with E-state index in [0.29, 0.717) is 25.6 Å². The topological polar surface area (TPSA) is 44.7 Å². The number of halogens is 1. The summed E-state index contributed by atoms with van der Waals surface area (Å²) in [5.41, 5.74) is 1.06. The van der Waals surface area contributed by atoms with Crippen molar-refractivity contribution in [2.24, 2.45) is 0 Å². The summed E-state index contributed by atoms with van der Waals surface area (Å²) in [7, 11) is 2.08. The van der Waals surface area contributed by atoms with Gasteiger partial charge in [-0.1, -0.05) is 0 Å². The van der Waals surface area contributed by atoms with Gasteiger partial charge in [0.2, 0.25) is 0 Å². The molecule has 0 amide bonds. The minimum absolute atomic E-state index is 0. The normalized spacial score (nSPS) is 29.4. The smallest absolute Gasteiger partial charge is 0.461 e. The molecule has 4 aliphatic rings. The van der Waals surface area contributed by atoms with Gasteiger partial charge in [-0.2, -0.15) is 9.97 Å². The molecular formula is C21H30FN5NbO. The van der Waals surface area contributed by atoms with Gasteiger partial charge in [-0.25, -0.2) is 17.2 Å². The van der Waals surface area contributed by atoms with E-state index in [4.69, 9.17) is 14.7 Å². The molecule has 8 heteroatoms. The Morgan fingerprint density at radius 1 is 1.17 bits per heavy atom. The third-order valence-electron chi connectivity index (χ3n) is 6.81. The van der Waals surface area contributed by atoms with Gasteiger partial charge in [0, 0.05) is 32.1 Å². The number of nitrogens with zero attached hydrogens (tertiary/aromatic N) is 5. The van der Waals surface area contributed by atoms with E-state index < -0.39 is 6.17 Å². The van der Waals surface area contributed by atoms with Crippen LogP contribution in [0.1, 0.15) is 37.7 Å². The maximum Gasteiger partial charge on any atom is 2.00 e. The number of likely N-dealkylation sites (N-methyl/N-ethyl adjacent to an activating group) is 1. The van der Waals surface area contributed by atoms with Gasteiger partial charge in [-0.05, 0) is 25.8 Å². The van der Waals surface area contributed by atoms with Crippen LogP contribution in [0.15, 0.2) is 0 Å². The van der Waals surface area contributed by atoms with E-state index in [0.717, 1.165) is 69.9 Å². The summed E-state index contributed by atoms with van der Waals surface area (Å²) >= 11 is 0. The average molecular weight is 480 g/mol. The predicted octanol–water partition coefficient (Wildman–Crippen LogP) is 2.43. The number of alkyl halides is 1. The molecule has 1 aromatic rings. The Labute approximate surface area is 188 Å². The molecule has 0 N–H and O–H groups in total. The Balaban J connectivity index is 0.00000205. The zero-order chi connectivity index (χ0) is 19.1. The summed E-state index contributed by atoms with van der Waals surface area (Å²) in [6.07, 6.45) is 9.81. The maximum atomic E-state index is 14.0. The molecule has 4 aliphatic heterocycles. The molecule has 0 aromatic carbocycles. The second kappa shape index (κ2) is 8.69. The monoisotopic (exact) mass is 480 g/mol. The first kappa shape index (κ1) is 21.3. The Morgan fingerprint density at radius 2 is 1.93 bits per heavy atom. The van der Waals surface area contributed by atoms with Gasteiger partial charge in [0.15, 0.2) is 0 Å². The zero-order valence-electron chi connectivity index (χ0n) is 17.2. The van der Waals surface area contributed by atoms with Gasteiger partial charge >= 0.3 is 28.4 Å². The third-order valence-corrected chi connectivity index (χ3v) is 6.81. The van der Waals surface area contributed by atoms with Crippen LogP contribution in [-0.4, -0.2) is 73.0 Å². The second-order valence-corrected chi connectivity index (χ2v) is 8.73. The van der Waals surface area contributed by atoms with Crippen molar-refractivity contribution in [2.75, 3.05) is 56.2 Å². The fourth-order valence-corrected chi connectivity index (χ4v) is 5.32. The molecule has 0 aliphatic carbocycles. The molecule has 0 bridgehead atoms. The quantitative estimate of drug-likeness (QED) is 0.488. The minimum Gasteiger partial charge on any atom is -0.461 e. The van der Waals surface area contributed by atoms with Crippen molar-refractivity contribution in [3.63, 3.8) is 0 Å². The SMILES string of the molecule is CN1CCc2c1nc(OC[C@@]13CCCN1C[C@H](F)C3)nc2N1C[CH-]CC[CH-]C1.[Nb+2]. The van der Waals surface area contributed by atoms with E-state index in [9.17, 15) is 4.39 Å². The molecule has 2 atom stereocenters. The Morgan fingerprint density at radius 3 is 2.72 bits per heavy atom. The van der Waals surface area contributed by atoms with Gasteiger partial charge in [-0.15, -0.1) is 13.1 Å². The molecule has 0 saturated carbocycles. The maximum absolute atomic E-state index is 14.0. The third kappa shape index (κ3) is 4.03. The molecule has 3 fully saturated rings. The van der Waals surface area contributed by atoms with Crippen LogP contribution in [0.25, 0.3) is 0 Å². The van der Waals surface area contributed by atoms with E-state index >= 15 is 0 Å². The Kier molecular flexibility index (Phi) is 6.40. The van der Waals surface area contributed by atoms with Crippen molar-refractivity contribution in [1.29, 1.82) is 0 Å². The molecule has 0 spiro atoms. The van der Waals surface area contributed by atoms with Crippen molar-refractivity contribution in [2.45, 2.75) is 50.2 Å². The zero-order valence-corrected chi connectivity index (χ0v) is 19.4. The number of ether oxygens (including phenoxy) is 1. The van der Waals surface area contributed by atoms with Gasteiger partial charge in [0.05, 0.1) is 5.54 Å². The van der Waals surface area contributed by atoms with Crippen LogP contribution in [0.4, 0.5) is 16.0 Å². The standard InChI is InChI=1S/C21H30FN5O.Nb/c1-25-12-7-17-18(25)23-20(24-19(17)26-9-4-2-3-5-10-26)28-15-21-8-6-11-27(21)14-16(22)13-21;/h4-5,16H,2-3,6-15H2,1H3;/q-2;+2/t16-,21+;/m1./s1. The van der Waals surface area contributed by atoms with Crippen molar-refractivity contribution >= 4 is 11.6 Å². The molecule has 3 saturated heterocycles. The van der Waals surface area contributed by atoms with E-state index in [2.05, 4.69) is 34.6 Å². The van der Waals surface area contributed by atoms with Crippen LogP contribution in [0.2, 0.25) is 0 Å². The van der Waals surface area contributed by atoms with E-state index in [1.807, 2.05) is 0 Å². The van der Waals surface area contributed by atoms with Crippen molar-refractivity contribution in [3.8, 4) is 6.01 Å². The van der Waals surface area contributed by atoms with Gasteiger partial charge in [0.25, 0.3) is 0 Å². The first-order valence-corrected chi connectivity index (χ1v) is 10.7. The van der Waals surface area contributed by atoms with Crippen molar-refractivity contribution in [1.82, 2.24) is 14.9 Å². The summed E-state index contributed by atoms with van der Waals surface area (Å²) in [5, 5.41) is 0. The Bertz CT molecular complexity index is 729. The van der Waals surface area contributed by atoms with E-state index in [1.165, 1.54) is 5.56 Å². The molecular weight excluding hydrogens is 450 g/mol.